The average Bonchev–Trinajstić information content (AvgIpc) is 2.80. The lowest BCUT2D eigenvalue weighted by Gasteiger charge is -2.37. The molecule has 1 atom stereocenters. The van der Waals surface area contributed by atoms with Crippen LogP contribution in [0, 0.1) is 11.8 Å². The molecule has 0 radical (unpaired) electrons. The smallest absolute Gasteiger partial charge is 0.308 e. The lowest BCUT2D eigenvalue weighted by atomic mass is 10.0. The predicted octanol–water partition coefficient (Wildman–Crippen LogP) is 0.566. The molecule has 1 N–H and O–H groups in total. The van der Waals surface area contributed by atoms with E-state index in [1.165, 1.54) is 0 Å². The molecule has 0 spiro atoms. The molecule has 2 amide bonds. The zero-order chi connectivity index (χ0) is 14.9. The first-order valence-corrected chi connectivity index (χ1v) is 7.21. The fourth-order valence-corrected chi connectivity index (χ4v) is 3.01. The van der Waals surface area contributed by atoms with Crippen molar-refractivity contribution in [1.29, 1.82) is 0 Å². The van der Waals surface area contributed by atoms with Crippen LogP contribution in [0.1, 0.15) is 33.1 Å². The van der Waals surface area contributed by atoms with Crippen LogP contribution in [0.2, 0.25) is 0 Å². The first-order valence-electron chi connectivity index (χ1n) is 7.21. The number of amides is 2. The van der Waals surface area contributed by atoms with Gasteiger partial charge in [-0.05, 0) is 12.8 Å². The topological polar surface area (TPSA) is 77.9 Å². The molecular formula is C14H22N2O4. The molecule has 2 heterocycles. The molecule has 2 saturated heterocycles. The number of carboxylic acids is 1. The third-order valence-electron chi connectivity index (χ3n) is 4.22. The molecule has 112 valence electrons. The second-order valence-corrected chi connectivity index (χ2v) is 6.00. The summed E-state index contributed by atoms with van der Waals surface area (Å²) in [5.41, 5.74) is 0. The Hall–Kier alpha value is -1.59. The minimum Gasteiger partial charge on any atom is -0.481 e. The van der Waals surface area contributed by atoms with Crippen LogP contribution in [0.3, 0.4) is 0 Å². The van der Waals surface area contributed by atoms with Crippen molar-refractivity contribution in [2.75, 3.05) is 19.6 Å². The van der Waals surface area contributed by atoms with E-state index in [1.807, 2.05) is 18.7 Å². The second kappa shape index (κ2) is 5.81. The number of likely N-dealkylation sites (tertiary alicyclic amines) is 2. The van der Waals surface area contributed by atoms with E-state index in [-0.39, 0.29) is 30.2 Å². The highest BCUT2D eigenvalue weighted by Crippen LogP contribution is 2.26. The summed E-state index contributed by atoms with van der Waals surface area (Å²) in [4.78, 5) is 38.3. The summed E-state index contributed by atoms with van der Waals surface area (Å²) in [5, 5.41) is 8.99. The van der Waals surface area contributed by atoms with E-state index in [0.717, 1.165) is 12.8 Å². The number of piperidine rings is 1. The van der Waals surface area contributed by atoms with Crippen LogP contribution in [-0.4, -0.2) is 58.4 Å². The first-order chi connectivity index (χ1) is 9.40. The Kier molecular flexibility index (Phi) is 4.30. The van der Waals surface area contributed by atoms with Gasteiger partial charge in [0.2, 0.25) is 11.8 Å². The van der Waals surface area contributed by atoms with E-state index in [1.54, 1.807) is 4.90 Å². The molecule has 0 bridgehead atoms. The highest BCUT2D eigenvalue weighted by atomic mass is 16.4. The summed E-state index contributed by atoms with van der Waals surface area (Å²) in [6.45, 7) is 5.40. The number of carbonyl (C=O) groups excluding carboxylic acids is 2. The van der Waals surface area contributed by atoms with Gasteiger partial charge in [-0.3, -0.25) is 14.4 Å². The van der Waals surface area contributed by atoms with Crippen molar-refractivity contribution < 1.29 is 19.5 Å². The normalized spacial score (nSPS) is 24.6. The molecule has 2 aliphatic rings. The van der Waals surface area contributed by atoms with E-state index < -0.39 is 11.9 Å². The van der Waals surface area contributed by atoms with Crippen molar-refractivity contribution >= 4 is 17.8 Å². The van der Waals surface area contributed by atoms with Gasteiger partial charge in [-0.15, -0.1) is 0 Å². The highest BCUT2D eigenvalue weighted by molar-refractivity contribution is 5.86. The van der Waals surface area contributed by atoms with Crippen LogP contribution in [0.4, 0.5) is 0 Å². The molecule has 1 unspecified atom stereocenters. The molecule has 0 saturated carbocycles. The Balaban J connectivity index is 1.90. The number of aliphatic carboxylic acids is 1. The number of carboxylic acid groups (broad SMARTS) is 1. The second-order valence-electron chi connectivity index (χ2n) is 6.00. The molecule has 0 aromatic rings. The Bertz CT molecular complexity index is 413. The van der Waals surface area contributed by atoms with E-state index in [9.17, 15) is 14.4 Å². The van der Waals surface area contributed by atoms with Gasteiger partial charge >= 0.3 is 5.97 Å². The highest BCUT2D eigenvalue weighted by Gasteiger charge is 2.39. The van der Waals surface area contributed by atoms with Gasteiger partial charge in [-0.1, -0.05) is 13.8 Å². The van der Waals surface area contributed by atoms with Crippen LogP contribution in [0.15, 0.2) is 0 Å². The number of carbonyl (C=O) groups is 3. The molecule has 0 aliphatic carbocycles. The summed E-state index contributed by atoms with van der Waals surface area (Å²) in [6, 6.07) is 0.0862. The van der Waals surface area contributed by atoms with E-state index in [4.69, 9.17) is 5.11 Å². The maximum absolute atomic E-state index is 11.9. The van der Waals surface area contributed by atoms with E-state index in [0.29, 0.717) is 19.6 Å². The van der Waals surface area contributed by atoms with Crippen molar-refractivity contribution in [3.05, 3.63) is 0 Å². The van der Waals surface area contributed by atoms with Gasteiger partial charge in [0.1, 0.15) is 0 Å². The van der Waals surface area contributed by atoms with Crippen molar-refractivity contribution in [2.24, 2.45) is 11.8 Å². The fourth-order valence-electron chi connectivity index (χ4n) is 3.01. The van der Waals surface area contributed by atoms with Crippen molar-refractivity contribution in [2.45, 2.75) is 39.2 Å². The Morgan fingerprint density at radius 2 is 1.85 bits per heavy atom. The van der Waals surface area contributed by atoms with Gasteiger partial charge in [0.15, 0.2) is 0 Å². The Morgan fingerprint density at radius 3 is 2.30 bits per heavy atom. The molecule has 0 aromatic carbocycles. The maximum Gasteiger partial charge on any atom is 0.308 e. The summed E-state index contributed by atoms with van der Waals surface area (Å²) < 4.78 is 0. The molecule has 2 rings (SSSR count). The van der Waals surface area contributed by atoms with Crippen molar-refractivity contribution in [1.82, 2.24) is 9.80 Å². The van der Waals surface area contributed by atoms with Gasteiger partial charge < -0.3 is 14.9 Å². The standard InChI is InChI=1S/C14H22N2O4/c1-9(2)13(18)15-5-3-11(4-6-15)16-8-10(14(19)20)7-12(16)17/h9-11H,3-8H2,1-2H3,(H,19,20). The minimum atomic E-state index is -0.895. The third-order valence-corrected chi connectivity index (χ3v) is 4.22. The average molecular weight is 282 g/mol. The lowest BCUT2D eigenvalue weighted by molar-refractivity contribution is -0.141. The van der Waals surface area contributed by atoms with Gasteiger partial charge in [0.25, 0.3) is 0 Å². The first kappa shape index (κ1) is 14.8. The third kappa shape index (κ3) is 2.94. The van der Waals surface area contributed by atoms with Crippen LogP contribution in [0.5, 0.6) is 0 Å². The molecule has 6 nitrogen and oxygen atoms in total. The van der Waals surface area contributed by atoms with Crippen molar-refractivity contribution in [3.63, 3.8) is 0 Å². The summed E-state index contributed by atoms with van der Waals surface area (Å²) in [6.07, 6.45) is 1.60. The maximum atomic E-state index is 11.9. The summed E-state index contributed by atoms with van der Waals surface area (Å²) in [5.74, 6) is -1.38. The van der Waals surface area contributed by atoms with Gasteiger partial charge in [-0.2, -0.15) is 0 Å². The molecule has 20 heavy (non-hydrogen) atoms. The lowest BCUT2D eigenvalue weighted by Crippen LogP contribution is -2.48. The molecule has 2 fully saturated rings. The molecule has 0 aromatic heterocycles. The van der Waals surface area contributed by atoms with Crippen LogP contribution < -0.4 is 0 Å². The van der Waals surface area contributed by atoms with Crippen molar-refractivity contribution in [3.8, 4) is 0 Å². The zero-order valence-electron chi connectivity index (χ0n) is 12.0. The summed E-state index contributed by atoms with van der Waals surface area (Å²) >= 11 is 0. The fraction of sp³-hybridized carbons (Fsp3) is 0.786. The SMILES string of the molecule is CC(C)C(=O)N1CCC(N2CC(C(=O)O)CC2=O)CC1. The predicted molar refractivity (Wildman–Crippen MR) is 71.9 cm³/mol. The zero-order valence-corrected chi connectivity index (χ0v) is 12.0. The molecular weight excluding hydrogens is 260 g/mol. The van der Waals surface area contributed by atoms with Gasteiger partial charge in [-0.25, -0.2) is 0 Å². The quantitative estimate of drug-likeness (QED) is 0.820. The van der Waals surface area contributed by atoms with E-state index >= 15 is 0 Å². The largest absolute Gasteiger partial charge is 0.481 e. The molecule has 2 aliphatic heterocycles. The van der Waals surface area contributed by atoms with Crippen LogP contribution in [-0.2, 0) is 14.4 Å². The van der Waals surface area contributed by atoms with Crippen LogP contribution in [0.25, 0.3) is 0 Å². The molecule has 6 heteroatoms. The Morgan fingerprint density at radius 1 is 1.25 bits per heavy atom. The Labute approximate surface area is 118 Å². The number of nitrogens with zero attached hydrogens (tertiary/aromatic N) is 2. The number of hydrogen-bond acceptors (Lipinski definition) is 3. The summed E-state index contributed by atoms with van der Waals surface area (Å²) in [7, 11) is 0. The monoisotopic (exact) mass is 282 g/mol. The number of rotatable bonds is 3. The number of hydrogen-bond donors (Lipinski definition) is 1. The van der Waals surface area contributed by atoms with Gasteiger partial charge in [0, 0.05) is 38.0 Å². The van der Waals surface area contributed by atoms with Crippen LogP contribution >= 0.6 is 0 Å². The van der Waals surface area contributed by atoms with Gasteiger partial charge in [0.05, 0.1) is 5.92 Å². The van der Waals surface area contributed by atoms with E-state index in [2.05, 4.69) is 0 Å². The minimum absolute atomic E-state index is 0.00337.